The first-order valence-electron chi connectivity index (χ1n) is 8.13. The van der Waals surface area contributed by atoms with E-state index in [1.165, 1.54) is 0 Å². The van der Waals surface area contributed by atoms with Gasteiger partial charge in [0.2, 0.25) is 0 Å². The smallest absolute Gasteiger partial charge is 0.163 e. The van der Waals surface area contributed by atoms with E-state index < -0.39 is 0 Å². The average molecular weight is 313 g/mol. The van der Waals surface area contributed by atoms with Crippen molar-refractivity contribution in [1.82, 2.24) is 9.55 Å². The maximum absolute atomic E-state index is 12.0. The highest BCUT2D eigenvalue weighted by atomic mass is 16.5. The molecular weight excluding hydrogens is 290 g/mol. The molecule has 1 aliphatic carbocycles. The van der Waals surface area contributed by atoms with Crippen LogP contribution < -0.4 is 10.5 Å². The molecule has 0 unspecified atom stereocenters. The topological polar surface area (TPSA) is 70.1 Å². The SMILES string of the molecule is CC(C)[C@@H](Cn1ccnc1)Oc1ccc2c(c1N)CCCC2=O. The molecular formula is C18H23N3O2. The number of imidazole rings is 1. The number of nitrogens with zero attached hydrogens (tertiary/aromatic N) is 2. The highest BCUT2D eigenvalue weighted by Crippen LogP contribution is 2.34. The third-order valence-corrected chi connectivity index (χ3v) is 4.42. The second-order valence-electron chi connectivity index (χ2n) is 6.44. The molecule has 23 heavy (non-hydrogen) atoms. The minimum atomic E-state index is -0.0103. The molecule has 1 heterocycles. The van der Waals surface area contributed by atoms with Gasteiger partial charge in [-0.3, -0.25) is 4.79 Å². The van der Waals surface area contributed by atoms with Gasteiger partial charge in [-0.25, -0.2) is 4.98 Å². The lowest BCUT2D eigenvalue weighted by molar-refractivity contribution is 0.0972. The van der Waals surface area contributed by atoms with Crippen molar-refractivity contribution in [3.8, 4) is 5.75 Å². The molecule has 1 aromatic heterocycles. The van der Waals surface area contributed by atoms with E-state index in [1.807, 2.05) is 22.9 Å². The molecule has 0 saturated heterocycles. The number of rotatable bonds is 5. The van der Waals surface area contributed by atoms with Crippen LogP contribution >= 0.6 is 0 Å². The Labute approximate surface area is 136 Å². The summed E-state index contributed by atoms with van der Waals surface area (Å²) in [4.78, 5) is 16.1. The molecule has 0 fully saturated rings. The lowest BCUT2D eigenvalue weighted by atomic mass is 9.89. The third-order valence-electron chi connectivity index (χ3n) is 4.42. The normalized spacial score (nSPS) is 15.5. The van der Waals surface area contributed by atoms with Crippen LogP contribution in [0.15, 0.2) is 30.9 Å². The quantitative estimate of drug-likeness (QED) is 0.861. The number of nitrogen functional groups attached to an aromatic ring is 1. The summed E-state index contributed by atoms with van der Waals surface area (Å²) in [6.45, 7) is 4.96. The number of benzene rings is 1. The number of aromatic nitrogens is 2. The summed E-state index contributed by atoms with van der Waals surface area (Å²) in [5.41, 5.74) is 8.62. The Balaban J connectivity index is 1.84. The molecule has 2 aromatic rings. The van der Waals surface area contributed by atoms with E-state index in [0.29, 0.717) is 30.3 Å². The van der Waals surface area contributed by atoms with Gasteiger partial charge in [-0.1, -0.05) is 13.8 Å². The number of ketones is 1. The fourth-order valence-corrected chi connectivity index (χ4v) is 2.99. The molecule has 1 atom stereocenters. The van der Waals surface area contributed by atoms with E-state index in [9.17, 15) is 4.79 Å². The number of hydrogen-bond acceptors (Lipinski definition) is 4. The van der Waals surface area contributed by atoms with Crippen molar-refractivity contribution in [2.45, 2.75) is 45.8 Å². The van der Waals surface area contributed by atoms with Crippen LogP contribution in [-0.4, -0.2) is 21.4 Å². The van der Waals surface area contributed by atoms with Gasteiger partial charge >= 0.3 is 0 Å². The molecule has 2 N–H and O–H groups in total. The van der Waals surface area contributed by atoms with Gasteiger partial charge in [0.1, 0.15) is 11.9 Å². The van der Waals surface area contributed by atoms with Crippen LogP contribution in [0.2, 0.25) is 0 Å². The average Bonchev–Trinajstić information content (AvgIpc) is 3.03. The number of hydrogen-bond donors (Lipinski definition) is 1. The van der Waals surface area contributed by atoms with Crippen molar-refractivity contribution in [1.29, 1.82) is 0 Å². The highest BCUT2D eigenvalue weighted by molar-refractivity contribution is 6.00. The zero-order valence-corrected chi connectivity index (χ0v) is 13.7. The minimum absolute atomic E-state index is 0.0103. The minimum Gasteiger partial charge on any atom is -0.486 e. The highest BCUT2D eigenvalue weighted by Gasteiger charge is 2.23. The van der Waals surface area contributed by atoms with E-state index in [2.05, 4.69) is 18.8 Å². The summed E-state index contributed by atoms with van der Waals surface area (Å²) in [6.07, 6.45) is 7.78. The number of nitrogens with two attached hydrogens (primary N) is 1. The first kappa shape index (κ1) is 15.6. The van der Waals surface area contributed by atoms with E-state index in [1.54, 1.807) is 12.5 Å². The van der Waals surface area contributed by atoms with Crippen LogP contribution in [0.3, 0.4) is 0 Å². The molecule has 1 aliphatic rings. The maximum Gasteiger partial charge on any atom is 0.163 e. The van der Waals surface area contributed by atoms with Gasteiger partial charge in [0, 0.05) is 24.4 Å². The second kappa shape index (κ2) is 6.44. The third kappa shape index (κ3) is 3.23. The van der Waals surface area contributed by atoms with E-state index in [0.717, 1.165) is 24.0 Å². The van der Waals surface area contributed by atoms with Gasteiger partial charge < -0.3 is 15.0 Å². The molecule has 3 rings (SSSR count). The zero-order valence-electron chi connectivity index (χ0n) is 13.7. The van der Waals surface area contributed by atoms with Crippen LogP contribution in [-0.2, 0) is 13.0 Å². The molecule has 0 saturated carbocycles. The van der Waals surface area contributed by atoms with Gasteiger partial charge in [-0.05, 0) is 36.5 Å². The van der Waals surface area contributed by atoms with Crippen LogP contribution in [0.4, 0.5) is 5.69 Å². The predicted molar refractivity (Wildman–Crippen MR) is 89.6 cm³/mol. The standard InChI is InChI=1S/C18H23N3O2/c1-12(2)17(10-21-9-8-20-11-21)23-16-7-6-13-14(18(16)19)4-3-5-15(13)22/h6-9,11-12,17H,3-5,10,19H2,1-2H3/t17-/m1/s1. The van der Waals surface area contributed by atoms with Gasteiger partial charge in [0.25, 0.3) is 0 Å². The van der Waals surface area contributed by atoms with E-state index >= 15 is 0 Å². The van der Waals surface area contributed by atoms with Gasteiger partial charge in [0.05, 0.1) is 18.6 Å². The van der Waals surface area contributed by atoms with Crippen molar-refractivity contribution in [2.24, 2.45) is 5.92 Å². The Morgan fingerprint density at radius 3 is 2.87 bits per heavy atom. The summed E-state index contributed by atoms with van der Waals surface area (Å²) in [5, 5.41) is 0. The summed E-state index contributed by atoms with van der Waals surface area (Å²) >= 11 is 0. The molecule has 0 amide bonds. The molecule has 0 radical (unpaired) electrons. The Kier molecular flexibility index (Phi) is 4.37. The van der Waals surface area contributed by atoms with Gasteiger partial charge in [-0.2, -0.15) is 0 Å². The van der Waals surface area contributed by atoms with E-state index in [4.69, 9.17) is 10.5 Å². The number of fused-ring (bicyclic) bond motifs is 1. The summed E-state index contributed by atoms with van der Waals surface area (Å²) in [5.74, 6) is 1.19. The molecule has 0 bridgehead atoms. The second-order valence-corrected chi connectivity index (χ2v) is 6.44. The van der Waals surface area contributed by atoms with Crippen molar-refractivity contribution >= 4 is 11.5 Å². The molecule has 0 spiro atoms. The summed E-state index contributed by atoms with van der Waals surface area (Å²) in [6, 6.07) is 3.69. The maximum atomic E-state index is 12.0. The monoisotopic (exact) mass is 313 g/mol. The van der Waals surface area contributed by atoms with Gasteiger partial charge in [0.15, 0.2) is 5.78 Å². The molecule has 5 nitrogen and oxygen atoms in total. The van der Waals surface area contributed by atoms with E-state index in [-0.39, 0.29) is 11.9 Å². The van der Waals surface area contributed by atoms with Crippen LogP contribution in [0.5, 0.6) is 5.75 Å². The first-order valence-corrected chi connectivity index (χ1v) is 8.13. The molecule has 0 aliphatic heterocycles. The first-order chi connectivity index (χ1) is 11.1. The largest absolute Gasteiger partial charge is 0.486 e. The Bertz CT molecular complexity index is 693. The van der Waals surface area contributed by atoms with Crippen LogP contribution in [0.25, 0.3) is 0 Å². The lowest BCUT2D eigenvalue weighted by Gasteiger charge is -2.26. The number of carbonyl (C=O) groups is 1. The van der Waals surface area contributed by atoms with Crippen LogP contribution in [0, 0.1) is 5.92 Å². The molecule has 122 valence electrons. The fourth-order valence-electron chi connectivity index (χ4n) is 2.99. The summed E-state index contributed by atoms with van der Waals surface area (Å²) < 4.78 is 8.20. The Morgan fingerprint density at radius 2 is 2.17 bits per heavy atom. The van der Waals surface area contributed by atoms with Gasteiger partial charge in [-0.15, -0.1) is 0 Å². The number of ether oxygens (including phenoxy) is 1. The van der Waals surface area contributed by atoms with Crippen molar-refractivity contribution in [2.75, 3.05) is 5.73 Å². The fraction of sp³-hybridized carbons (Fsp3) is 0.444. The summed E-state index contributed by atoms with van der Waals surface area (Å²) in [7, 11) is 0. The number of carbonyl (C=O) groups excluding carboxylic acids is 1. The lowest BCUT2D eigenvalue weighted by Crippen LogP contribution is -2.29. The zero-order chi connectivity index (χ0) is 16.4. The Morgan fingerprint density at radius 1 is 1.35 bits per heavy atom. The number of anilines is 1. The molecule has 5 heteroatoms. The van der Waals surface area contributed by atoms with Crippen LogP contribution in [0.1, 0.15) is 42.6 Å². The van der Waals surface area contributed by atoms with Crippen molar-refractivity contribution < 1.29 is 9.53 Å². The Hall–Kier alpha value is -2.30. The molecule has 1 aromatic carbocycles. The predicted octanol–water partition coefficient (Wildman–Crippen LogP) is 3.09. The van der Waals surface area contributed by atoms with Crippen molar-refractivity contribution in [3.63, 3.8) is 0 Å². The van der Waals surface area contributed by atoms with Crippen molar-refractivity contribution in [3.05, 3.63) is 42.0 Å². The number of Topliss-reactive ketones (excluding diaryl/α,β-unsaturated/α-hetero) is 1.